The molecule has 1 aromatic heterocycles. The van der Waals surface area contributed by atoms with Gasteiger partial charge in [0.1, 0.15) is 11.3 Å². The van der Waals surface area contributed by atoms with E-state index in [9.17, 15) is 4.39 Å². The summed E-state index contributed by atoms with van der Waals surface area (Å²) in [6, 6.07) is 8.86. The number of rotatable bonds is 1. The maximum Gasteiger partial charge on any atom is 0.227 e. The molecule has 0 fully saturated rings. The first-order chi connectivity index (χ1) is 10.2. The number of fused-ring (bicyclic) bond motifs is 2. The van der Waals surface area contributed by atoms with Gasteiger partial charge in [0.15, 0.2) is 5.58 Å². The number of hydrogen-bond acceptors (Lipinski definition) is 3. The molecular formula is C16H12ClFN2O. The van der Waals surface area contributed by atoms with Crippen LogP contribution in [0.4, 0.5) is 4.39 Å². The maximum absolute atomic E-state index is 13.5. The average Bonchev–Trinajstić information content (AvgIpc) is 2.90. The van der Waals surface area contributed by atoms with Crippen molar-refractivity contribution in [2.24, 2.45) is 0 Å². The zero-order chi connectivity index (χ0) is 14.4. The van der Waals surface area contributed by atoms with Gasteiger partial charge in [-0.15, -0.1) is 0 Å². The lowest BCUT2D eigenvalue weighted by atomic mass is 9.95. The molecule has 1 aliphatic rings. The van der Waals surface area contributed by atoms with Gasteiger partial charge in [-0.1, -0.05) is 23.7 Å². The van der Waals surface area contributed by atoms with Gasteiger partial charge >= 0.3 is 0 Å². The van der Waals surface area contributed by atoms with Crippen LogP contribution in [0.3, 0.4) is 0 Å². The Balaban J connectivity index is 1.91. The predicted octanol–water partition coefficient (Wildman–Crippen LogP) is 3.93. The van der Waals surface area contributed by atoms with Crippen LogP contribution in [-0.4, -0.2) is 11.5 Å². The molecule has 0 saturated carbocycles. The number of hydrogen-bond donors (Lipinski definition) is 1. The number of aromatic nitrogens is 1. The number of nitrogens with zero attached hydrogens (tertiary/aromatic N) is 1. The van der Waals surface area contributed by atoms with Gasteiger partial charge in [0.05, 0.1) is 5.02 Å². The largest absolute Gasteiger partial charge is 0.436 e. The summed E-state index contributed by atoms with van der Waals surface area (Å²) in [6.45, 7) is 1.79. The van der Waals surface area contributed by atoms with Gasteiger partial charge < -0.3 is 9.73 Å². The fourth-order valence-electron chi connectivity index (χ4n) is 2.77. The molecule has 106 valence electrons. The zero-order valence-electron chi connectivity index (χ0n) is 11.1. The minimum Gasteiger partial charge on any atom is -0.436 e. The third kappa shape index (κ3) is 2.11. The number of benzene rings is 2. The fraction of sp³-hybridized carbons (Fsp3) is 0.188. The van der Waals surface area contributed by atoms with Crippen molar-refractivity contribution in [1.82, 2.24) is 10.3 Å². The Bertz CT molecular complexity index is 805. The fourth-order valence-corrected chi connectivity index (χ4v) is 2.93. The van der Waals surface area contributed by atoms with Crippen LogP contribution in [0.25, 0.3) is 22.6 Å². The molecule has 3 aromatic rings. The molecule has 0 atom stereocenters. The van der Waals surface area contributed by atoms with Crippen LogP contribution >= 0.6 is 11.6 Å². The highest BCUT2D eigenvalue weighted by Crippen LogP contribution is 2.32. The van der Waals surface area contributed by atoms with E-state index in [-0.39, 0.29) is 5.02 Å². The first-order valence-corrected chi connectivity index (χ1v) is 7.17. The summed E-state index contributed by atoms with van der Waals surface area (Å²) in [5, 5.41) is 3.40. The molecule has 0 radical (unpaired) electrons. The van der Waals surface area contributed by atoms with E-state index in [2.05, 4.69) is 16.4 Å². The summed E-state index contributed by atoms with van der Waals surface area (Å²) in [6.07, 6.45) is 0.930. The monoisotopic (exact) mass is 302 g/mol. The standard InChI is InChI=1S/C16H12ClFN2O/c17-12-6-14-15(7-13(12)18)21-16(20-14)11-3-1-2-9-8-19-5-4-10(9)11/h1-3,6-7,19H,4-5,8H2. The lowest BCUT2D eigenvalue weighted by Gasteiger charge is -2.18. The summed E-state index contributed by atoms with van der Waals surface area (Å²) in [5.74, 6) is 0.0246. The van der Waals surface area contributed by atoms with Gasteiger partial charge in [-0.25, -0.2) is 9.37 Å². The second-order valence-corrected chi connectivity index (χ2v) is 5.53. The summed E-state index contributed by atoms with van der Waals surface area (Å²) in [4.78, 5) is 4.45. The molecule has 2 aromatic carbocycles. The molecule has 2 heterocycles. The number of halogens is 2. The third-order valence-corrected chi connectivity index (χ3v) is 4.09. The topological polar surface area (TPSA) is 38.1 Å². The molecule has 0 saturated heterocycles. The lowest BCUT2D eigenvalue weighted by Crippen LogP contribution is -2.24. The lowest BCUT2D eigenvalue weighted by molar-refractivity contribution is 0.599. The van der Waals surface area contributed by atoms with Crippen LogP contribution in [0.15, 0.2) is 34.7 Å². The van der Waals surface area contributed by atoms with Crippen molar-refractivity contribution in [2.75, 3.05) is 6.54 Å². The highest BCUT2D eigenvalue weighted by Gasteiger charge is 2.18. The Hall–Kier alpha value is -1.91. The Morgan fingerprint density at radius 2 is 2.19 bits per heavy atom. The van der Waals surface area contributed by atoms with E-state index in [0.29, 0.717) is 17.0 Å². The van der Waals surface area contributed by atoms with Crippen LogP contribution in [0.1, 0.15) is 11.1 Å². The van der Waals surface area contributed by atoms with Crippen LogP contribution in [0, 0.1) is 5.82 Å². The van der Waals surface area contributed by atoms with Crippen molar-refractivity contribution in [2.45, 2.75) is 13.0 Å². The van der Waals surface area contributed by atoms with Crippen molar-refractivity contribution in [3.05, 3.63) is 52.3 Å². The van der Waals surface area contributed by atoms with Gasteiger partial charge in [-0.05, 0) is 36.2 Å². The Morgan fingerprint density at radius 1 is 1.29 bits per heavy atom. The van der Waals surface area contributed by atoms with Gasteiger partial charge in [-0.3, -0.25) is 0 Å². The molecule has 21 heavy (non-hydrogen) atoms. The van der Waals surface area contributed by atoms with Gasteiger partial charge in [0, 0.05) is 18.2 Å². The van der Waals surface area contributed by atoms with E-state index in [1.54, 1.807) is 0 Å². The summed E-state index contributed by atoms with van der Waals surface area (Å²) in [7, 11) is 0. The number of oxazole rings is 1. The summed E-state index contributed by atoms with van der Waals surface area (Å²) >= 11 is 5.79. The van der Waals surface area contributed by atoms with Gasteiger partial charge in [0.25, 0.3) is 0 Å². The minimum atomic E-state index is -0.494. The molecule has 0 aliphatic carbocycles. The van der Waals surface area contributed by atoms with Gasteiger partial charge in [-0.2, -0.15) is 0 Å². The van der Waals surface area contributed by atoms with E-state index >= 15 is 0 Å². The molecule has 0 unspecified atom stereocenters. The van der Waals surface area contributed by atoms with E-state index in [0.717, 1.165) is 25.1 Å². The average molecular weight is 303 g/mol. The molecule has 3 nitrogen and oxygen atoms in total. The highest BCUT2D eigenvalue weighted by atomic mass is 35.5. The molecule has 0 spiro atoms. The first-order valence-electron chi connectivity index (χ1n) is 6.80. The van der Waals surface area contributed by atoms with Crippen LogP contribution in [0.2, 0.25) is 5.02 Å². The smallest absolute Gasteiger partial charge is 0.227 e. The first kappa shape index (κ1) is 12.8. The van der Waals surface area contributed by atoms with Crippen molar-refractivity contribution in [3.8, 4) is 11.5 Å². The molecule has 1 aliphatic heterocycles. The van der Waals surface area contributed by atoms with Crippen LogP contribution in [0.5, 0.6) is 0 Å². The third-order valence-electron chi connectivity index (χ3n) is 3.80. The Labute approximate surface area is 125 Å². The SMILES string of the molecule is Fc1cc2oc(-c3cccc4c3CCNC4)nc2cc1Cl. The molecule has 4 rings (SSSR count). The molecule has 0 amide bonds. The van der Waals surface area contributed by atoms with Crippen molar-refractivity contribution in [1.29, 1.82) is 0 Å². The van der Waals surface area contributed by atoms with Crippen molar-refractivity contribution in [3.63, 3.8) is 0 Å². The second-order valence-electron chi connectivity index (χ2n) is 5.12. The van der Waals surface area contributed by atoms with Gasteiger partial charge in [0.2, 0.25) is 5.89 Å². The Kier molecular flexibility index (Phi) is 2.94. The second kappa shape index (κ2) is 4.83. The van der Waals surface area contributed by atoms with Crippen molar-refractivity contribution >= 4 is 22.7 Å². The number of nitrogens with one attached hydrogen (secondary N) is 1. The quantitative estimate of drug-likeness (QED) is 0.740. The predicted molar refractivity (Wildman–Crippen MR) is 79.8 cm³/mol. The maximum atomic E-state index is 13.5. The zero-order valence-corrected chi connectivity index (χ0v) is 11.9. The van der Waals surface area contributed by atoms with E-state index in [1.165, 1.54) is 23.3 Å². The Morgan fingerprint density at radius 3 is 3.10 bits per heavy atom. The normalized spacial score (nSPS) is 14.4. The summed E-state index contributed by atoms with van der Waals surface area (Å²) in [5.41, 5.74) is 4.46. The molecule has 1 N–H and O–H groups in total. The van der Waals surface area contributed by atoms with Crippen LogP contribution in [-0.2, 0) is 13.0 Å². The molecule has 5 heteroatoms. The molecular weight excluding hydrogens is 291 g/mol. The van der Waals surface area contributed by atoms with E-state index < -0.39 is 5.82 Å². The highest BCUT2D eigenvalue weighted by molar-refractivity contribution is 6.31. The van der Waals surface area contributed by atoms with Crippen LogP contribution < -0.4 is 5.32 Å². The van der Waals surface area contributed by atoms with E-state index in [1.807, 2.05) is 12.1 Å². The molecule has 0 bridgehead atoms. The minimum absolute atomic E-state index is 0.0571. The summed E-state index contributed by atoms with van der Waals surface area (Å²) < 4.78 is 19.2. The van der Waals surface area contributed by atoms with Crippen molar-refractivity contribution < 1.29 is 8.81 Å². The van der Waals surface area contributed by atoms with E-state index in [4.69, 9.17) is 16.0 Å².